The molecule has 1 saturated heterocycles. The topological polar surface area (TPSA) is 12.5 Å². The molecule has 0 atom stereocenters. The largest absolute Gasteiger partial charge is 0.495 e. The highest BCUT2D eigenvalue weighted by Crippen LogP contribution is 2.33. The van der Waals surface area contributed by atoms with Crippen LogP contribution in [0, 0.1) is 0 Å². The molecule has 0 N–H and O–H groups in total. The van der Waals surface area contributed by atoms with Gasteiger partial charge in [-0.3, -0.25) is 0 Å². The van der Waals surface area contributed by atoms with Crippen molar-refractivity contribution in [1.29, 1.82) is 0 Å². The molecule has 0 spiro atoms. The van der Waals surface area contributed by atoms with Crippen LogP contribution in [0.5, 0.6) is 5.75 Å². The second kappa shape index (κ2) is 4.84. The molecule has 2 rings (SSSR count). The molecule has 0 aromatic heterocycles. The van der Waals surface area contributed by atoms with Crippen LogP contribution in [0.15, 0.2) is 24.3 Å². The normalized spacial score (nSPS) is 16.8. The second-order valence-corrected chi connectivity index (χ2v) is 5.27. The van der Waals surface area contributed by atoms with Crippen LogP contribution >= 0.6 is 23.5 Å². The van der Waals surface area contributed by atoms with E-state index in [0.29, 0.717) is 0 Å². The van der Waals surface area contributed by atoms with Crippen LogP contribution in [0.1, 0.15) is 0 Å². The van der Waals surface area contributed by atoms with Gasteiger partial charge in [-0.2, -0.15) is 0 Å². The summed E-state index contributed by atoms with van der Waals surface area (Å²) in [6, 6.07) is 8.19. The van der Waals surface area contributed by atoms with Crippen LogP contribution in [-0.2, 0) is 0 Å². The average Bonchev–Trinajstić information content (AvgIpc) is 2.30. The van der Waals surface area contributed by atoms with E-state index in [2.05, 4.69) is 17.0 Å². The molecule has 1 heterocycles. The summed E-state index contributed by atoms with van der Waals surface area (Å²) in [5.41, 5.74) is 1.20. The third kappa shape index (κ3) is 2.12. The van der Waals surface area contributed by atoms with Crippen molar-refractivity contribution in [2.75, 3.05) is 28.8 Å². The van der Waals surface area contributed by atoms with Crippen molar-refractivity contribution < 1.29 is 4.74 Å². The maximum atomic E-state index is 5.34. The maximum absolute atomic E-state index is 5.34. The van der Waals surface area contributed by atoms with E-state index < -0.39 is 0 Å². The summed E-state index contributed by atoms with van der Waals surface area (Å²) in [5, 5.41) is 1.20. The number of methoxy groups -OCH3 is 1. The molecule has 76 valence electrons. The fraction of sp³-hybridized carbons (Fsp3) is 0.400. The zero-order valence-corrected chi connectivity index (χ0v) is 9.74. The van der Waals surface area contributed by atoms with Crippen molar-refractivity contribution in [1.82, 2.24) is 0 Å². The van der Waals surface area contributed by atoms with Crippen LogP contribution in [0.4, 0.5) is 5.69 Å². The number of benzene rings is 1. The predicted octanol–water partition coefficient (Wildman–Crippen LogP) is 2.85. The number of rotatable bonds is 2. The lowest BCUT2D eigenvalue weighted by atomic mass is 10.3. The van der Waals surface area contributed by atoms with E-state index in [1.54, 1.807) is 7.11 Å². The van der Waals surface area contributed by atoms with Gasteiger partial charge in [0.05, 0.1) is 24.6 Å². The molecule has 1 aromatic rings. The van der Waals surface area contributed by atoms with Crippen molar-refractivity contribution >= 4 is 29.2 Å². The Morgan fingerprint density at radius 1 is 1.21 bits per heavy atom. The minimum absolute atomic E-state index is 0.968. The fourth-order valence-electron chi connectivity index (χ4n) is 1.42. The highest BCUT2D eigenvalue weighted by atomic mass is 32.2. The molecule has 0 amide bonds. The summed E-state index contributed by atoms with van der Waals surface area (Å²) < 4.78 is 5.34. The lowest BCUT2D eigenvalue weighted by Gasteiger charge is -2.28. The molecule has 1 aromatic carbocycles. The Bertz CT molecular complexity index is 300. The first kappa shape index (κ1) is 10.1. The second-order valence-electron chi connectivity index (χ2n) is 3.00. The first-order valence-corrected chi connectivity index (χ1v) is 6.76. The monoisotopic (exact) mass is 227 g/mol. The molecule has 4 heteroatoms. The van der Waals surface area contributed by atoms with Gasteiger partial charge in [0.2, 0.25) is 0 Å². The summed E-state index contributed by atoms with van der Waals surface area (Å²) in [6.07, 6.45) is 0. The predicted molar refractivity (Wildman–Crippen MR) is 65.3 cm³/mol. The molecule has 0 bridgehead atoms. The molecule has 0 saturated carbocycles. The molecule has 0 radical (unpaired) electrons. The Morgan fingerprint density at radius 2 is 1.93 bits per heavy atom. The number of ether oxygens (including phenoxy) is 1. The number of hydrogen-bond acceptors (Lipinski definition) is 4. The number of anilines is 1. The van der Waals surface area contributed by atoms with Gasteiger partial charge in [-0.1, -0.05) is 12.1 Å². The first-order chi connectivity index (χ1) is 6.92. The van der Waals surface area contributed by atoms with Crippen LogP contribution < -0.4 is 9.64 Å². The van der Waals surface area contributed by atoms with E-state index in [1.807, 2.05) is 35.7 Å². The zero-order chi connectivity index (χ0) is 9.80. The van der Waals surface area contributed by atoms with Crippen molar-refractivity contribution in [3.05, 3.63) is 24.3 Å². The molecular weight excluding hydrogens is 214 g/mol. The molecule has 1 aliphatic rings. The number of nitrogens with zero attached hydrogens (tertiary/aromatic N) is 1. The third-order valence-electron chi connectivity index (χ3n) is 2.09. The van der Waals surface area contributed by atoms with Gasteiger partial charge in [-0.25, -0.2) is 0 Å². The molecule has 1 aliphatic heterocycles. The average molecular weight is 227 g/mol. The van der Waals surface area contributed by atoms with Crippen molar-refractivity contribution in [2.45, 2.75) is 0 Å². The van der Waals surface area contributed by atoms with E-state index in [4.69, 9.17) is 4.74 Å². The van der Waals surface area contributed by atoms with Gasteiger partial charge in [-0.15, -0.1) is 23.5 Å². The first-order valence-electron chi connectivity index (χ1n) is 4.45. The highest BCUT2D eigenvalue weighted by molar-refractivity contribution is 8.16. The smallest absolute Gasteiger partial charge is 0.142 e. The van der Waals surface area contributed by atoms with Gasteiger partial charge in [-0.05, 0) is 12.1 Å². The molecule has 1 fully saturated rings. The Labute approximate surface area is 93.0 Å². The molecule has 0 unspecified atom stereocenters. The van der Waals surface area contributed by atoms with Crippen molar-refractivity contribution in [3.63, 3.8) is 0 Å². The highest BCUT2D eigenvalue weighted by Gasteiger charge is 2.14. The van der Waals surface area contributed by atoms with Crippen LogP contribution in [-0.4, -0.2) is 23.9 Å². The quantitative estimate of drug-likeness (QED) is 0.770. The molecule has 14 heavy (non-hydrogen) atoms. The van der Waals surface area contributed by atoms with Gasteiger partial charge in [0.15, 0.2) is 0 Å². The number of para-hydroxylation sites is 2. The summed E-state index contributed by atoms with van der Waals surface area (Å²) in [6.45, 7) is 0. The van der Waals surface area contributed by atoms with Gasteiger partial charge in [0.1, 0.15) is 5.75 Å². The minimum atomic E-state index is 0.968. The Hall–Kier alpha value is -0.480. The third-order valence-corrected chi connectivity index (χ3v) is 4.41. The molecule has 0 aliphatic carbocycles. The fourth-order valence-corrected chi connectivity index (χ4v) is 3.51. The summed E-state index contributed by atoms with van der Waals surface area (Å²) in [5.74, 6) is 3.09. The van der Waals surface area contributed by atoms with E-state index in [1.165, 1.54) is 10.8 Å². The number of thioether (sulfide) groups is 2. The van der Waals surface area contributed by atoms with Crippen LogP contribution in [0.3, 0.4) is 0 Å². The van der Waals surface area contributed by atoms with E-state index in [-0.39, 0.29) is 0 Å². The van der Waals surface area contributed by atoms with Gasteiger partial charge in [0, 0.05) is 5.08 Å². The Kier molecular flexibility index (Phi) is 3.48. The standard InChI is InChI=1S/C10H13NOS2/c1-12-10-5-3-2-4-9(10)11-6-13-8-14-7-11/h2-5H,6-8H2,1H3. The van der Waals surface area contributed by atoms with Crippen LogP contribution in [0.25, 0.3) is 0 Å². The Morgan fingerprint density at radius 3 is 2.64 bits per heavy atom. The summed E-state index contributed by atoms with van der Waals surface area (Å²) in [7, 11) is 1.73. The molecule has 2 nitrogen and oxygen atoms in total. The van der Waals surface area contributed by atoms with Crippen LogP contribution in [0.2, 0.25) is 0 Å². The summed E-state index contributed by atoms with van der Waals surface area (Å²) >= 11 is 3.90. The van der Waals surface area contributed by atoms with Gasteiger partial charge >= 0.3 is 0 Å². The van der Waals surface area contributed by atoms with Gasteiger partial charge < -0.3 is 9.64 Å². The SMILES string of the molecule is COc1ccccc1N1CSCSC1. The lowest BCUT2D eigenvalue weighted by molar-refractivity contribution is 0.415. The molecular formula is C10H13NOS2. The Balaban J connectivity index is 2.20. The van der Waals surface area contributed by atoms with E-state index in [0.717, 1.165) is 17.5 Å². The van der Waals surface area contributed by atoms with Crippen molar-refractivity contribution in [2.24, 2.45) is 0 Å². The minimum Gasteiger partial charge on any atom is -0.495 e. The van der Waals surface area contributed by atoms with E-state index in [9.17, 15) is 0 Å². The zero-order valence-electron chi connectivity index (χ0n) is 8.10. The van der Waals surface area contributed by atoms with Gasteiger partial charge in [0.25, 0.3) is 0 Å². The summed E-state index contributed by atoms with van der Waals surface area (Å²) in [4.78, 5) is 2.34. The number of hydrogen-bond donors (Lipinski definition) is 0. The van der Waals surface area contributed by atoms with Crippen molar-refractivity contribution in [3.8, 4) is 5.75 Å². The van der Waals surface area contributed by atoms with E-state index >= 15 is 0 Å². The maximum Gasteiger partial charge on any atom is 0.142 e. The lowest BCUT2D eigenvalue weighted by Crippen LogP contribution is -2.25.